The summed E-state index contributed by atoms with van der Waals surface area (Å²) in [6.07, 6.45) is 1.78. The quantitative estimate of drug-likeness (QED) is 0.828. The van der Waals surface area contributed by atoms with E-state index in [-0.39, 0.29) is 5.92 Å². The molecule has 2 aromatic rings. The van der Waals surface area contributed by atoms with Gasteiger partial charge in [0.25, 0.3) is 0 Å². The van der Waals surface area contributed by atoms with Crippen molar-refractivity contribution in [3.63, 3.8) is 0 Å². The van der Waals surface area contributed by atoms with E-state index in [0.29, 0.717) is 5.57 Å². The van der Waals surface area contributed by atoms with Crippen LogP contribution in [0.5, 0.6) is 0 Å². The van der Waals surface area contributed by atoms with Crippen molar-refractivity contribution in [3.8, 4) is 11.1 Å². The number of carbonyl (C=O) groups is 1. The third-order valence-corrected chi connectivity index (χ3v) is 3.01. The summed E-state index contributed by atoms with van der Waals surface area (Å²) in [7, 11) is 0. The Bertz CT molecular complexity index is 625. The average Bonchev–Trinajstić information content (AvgIpc) is 2.45. The number of carboxylic acid groups (broad SMARTS) is 1. The predicted octanol–water partition coefficient (Wildman–Crippen LogP) is 4.48. The third-order valence-electron chi connectivity index (χ3n) is 3.01. The van der Waals surface area contributed by atoms with Gasteiger partial charge in [0, 0.05) is 0 Å². The highest BCUT2D eigenvalue weighted by molar-refractivity contribution is 6.15. The molecule has 102 valence electrons. The van der Waals surface area contributed by atoms with Gasteiger partial charge in [-0.25, -0.2) is 4.79 Å². The molecule has 0 radical (unpaired) electrons. The predicted molar refractivity (Wildman–Crippen MR) is 82.3 cm³/mol. The molecule has 0 saturated heterocycles. The Morgan fingerprint density at radius 1 is 1.00 bits per heavy atom. The minimum Gasteiger partial charge on any atom is -0.478 e. The van der Waals surface area contributed by atoms with Crippen molar-refractivity contribution >= 4 is 11.5 Å². The van der Waals surface area contributed by atoms with Crippen LogP contribution in [0.25, 0.3) is 16.7 Å². The van der Waals surface area contributed by atoms with Gasteiger partial charge in [0.15, 0.2) is 0 Å². The standard InChI is InChI=1S/C18H18O2/c1-13(2)11-17(18(19)20)16-10-6-9-15(12-16)14-7-4-3-5-8-14/h3-13H,1-2H3,(H,19,20)/b17-11+. The summed E-state index contributed by atoms with van der Waals surface area (Å²) in [5.74, 6) is -0.689. The smallest absolute Gasteiger partial charge is 0.335 e. The fraction of sp³-hybridized carbons (Fsp3) is 0.167. The van der Waals surface area contributed by atoms with Gasteiger partial charge in [-0.3, -0.25) is 0 Å². The third kappa shape index (κ3) is 3.35. The van der Waals surface area contributed by atoms with Gasteiger partial charge in [-0.1, -0.05) is 68.5 Å². The van der Waals surface area contributed by atoms with Gasteiger partial charge in [-0.2, -0.15) is 0 Å². The fourth-order valence-electron chi connectivity index (χ4n) is 2.12. The van der Waals surface area contributed by atoms with E-state index >= 15 is 0 Å². The summed E-state index contributed by atoms with van der Waals surface area (Å²) < 4.78 is 0. The molecule has 1 N–H and O–H groups in total. The molecule has 20 heavy (non-hydrogen) atoms. The molecule has 0 aliphatic carbocycles. The number of allylic oxidation sites excluding steroid dienone is 1. The summed E-state index contributed by atoms with van der Waals surface area (Å²) in [4.78, 5) is 11.4. The molecule has 0 aromatic heterocycles. The maximum Gasteiger partial charge on any atom is 0.335 e. The lowest BCUT2D eigenvalue weighted by atomic mass is 9.97. The highest BCUT2D eigenvalue weighted by Gasteiger charge is 2.11. The molecule has 2 heteroatoms. The number of hydrogen-bond acceptors (Lipinski definition) is 1. The molecule has 0 bridgehead atoms. The van der Waals surface area contributed by atoms with Gasteiger partial charge in [-0.15, -0.1) is 0 Å². The van der Waals surface area contributed by atoms with E-state index in [9.17, 15) is 9.90 Å². The van der Waals surface area contributed by atoms with Crippen LogP contribution in [-0.4, -0.2) is 11.1 Å². The number of benzene rings is 2. The number of rotatable bonds is 4. The fourth-order valence-corrected chi connectivity index (χ4v) is 2.12. The first-order valence-corrected chi connectivity index (χ1v) is 6.69. The Morgan fingerprint density at radius 2 is 1.65 bits per heavy atom. The van der Waals surface area contributed by atoms with E-state index in [1.807, 2.05) is 68.4 Å². The van der Waals surface area contributed by atoms with Gasteiger partial charge in [-0.05, 0) is 28.7 Å². The van der Waals surface area contributed by atoms with Crippen LogP contribution in [0.4, 0.5) is 0 Å². The molecule has 0 fully saturated rings. The molecule has 0 unspecified atom stereocenters. The second kappa shape index (κ2) is 6.20. The van der Waals surface area contributed by atoms with Crippen LogP contribution in [0.1, 0.15) is 19.4 Å². The molecule has 0 atom stereocenters. The maximum absolute atomic E-state index is 11.4. The zero-order valence-electron chi connectivity index (χ0n) is 11.7. The summed E-state index contributed by atoms with van der Waals surface area (Å²) in [6, 6.07) is 17.6. The maximum atomic E-state index is 11.4. The van der Waals surface area contributed by atoms with Crippen LogP contribution in [0.3, 0.4) is 0 Å². The molecule has 0 spiro atoms. The van der Waals surface area contributed by atoms with Gasteiger partial charge >= 0.3 is 5.97 Å². The van der Waals surface area contributed by atoms with E-state index in [1.165, 1.54) is 0 Å². The topological polar surface area (TPSA) is 37.3 Å². The molecule has 0 heterocycles. The van der Waals surface area contributed by atoms with Gasteiger partial charge in [0.05, 0.1) is 5.57 Å². The molecule has 0 saturated carbocycles. The summed E-state index contributed by atoms with van der Waals surface area (Å²) >= 11 is 0. The average molecular weight is 266 g/mol. The van der Waals surface area contributed by atoms with Crippen molar-refractivity contribution < 1.29 is 9.90 Å². The Balaban J connectivity index is 2.46. The largest absolute Gasteiger partial charge is 0.478 e. The Hall–Kier alpha value is -2.35. The van der Waals surface area contributed by atoms with E-state index in [0.717, 1.165) is 16.7 Å². The Kier molecular flexibility index (Phi) is 4.36. The number of carboxylic acids is 1. The van der Waals surface area contributed by atoms with Crippen molar-refractivity contribution in [2.45, 2.75) is 13.8 Å². The number of aliphatic carboxylic acids is 1. The second-order valence-electron chi connectivity index (χ2n) is 5.08. The van der Waals surface area contributed by atoms with Crippen LogP contribution >= 0.6 is 0 Å². The van der Waals surface area contributed by atoms with E-state index in [2.05, 4.69) is 0 Å². The molecule has 0 aliphatic rings. The Labute approximate surface area is 119 Å². The molecular formula is C18H18O2. The first kappa shape index (κ1) is 14.1. The lowest BCUT2D eigenvalue weighted by Gasteiger charge is -2.08. The monoisotopic (exact) mass is 266 g/mol. The van der Waals surface area contributed by atoms with Gasteiger partial charge < -0.3 is 5.11 Å². The lowest BCUT2D eigenvalue weighted by molar-refractivity contribution is -0.130. The highest BCUT2D eigenvalue weighted by atomic mass is 16.4. The zero-order chi connectivity index (χ0) is 14.5. The SMILES string of the molecule is CC(C)/C=C(/C(=O)O)c1cccc(-c2ccccc2)c1. The molecule has 0 aliphatic heterocycles. The van der Waals surface area contributed by atoms with Crippen LogP contribution < -0.4 is 0 Å². The lowest BCUT2D eigenvalue weighted by Crippen LogP contribution is -2.01. The van der Waals surface area contributed by atoms with Crippen molar-refractivity contribution in [1.29, 1.82) is 0 Å². The zero-order valence-corrected chi connectivity index (χ0v) is 11.7. The van der Waals surface area contributed by atoms with Gasteiger partial charge in [0.1, 0.15) is 0 Å². The molecule has 2 nitrogen and oxygen atoms in total. The first-order valence-electron chi connectivity index (χ1n) is 6.69. The van der Waals surface area contributed by atoms with Crippen LogP contribution in [-0.2, 0) is 4.79 Å². The van der Waals surface area contributed by atoms with E-state index in [1.54, 1.807) is 6.08 Å². The van der Waals surface area contributed by atoms with Crippen molar-refractivity contribution in [2.24, 2.45) is 5.92 Å². The van der Waals surface area contributed by atoms with Crippen LogP contribution in [0, 0.1) is 5.92 Å². The van der Waals surface area contributed by atoms with Crippen molar-refractivity contribution in [3.05, 3.63) is 66.2 Å². The summed E-state index contributed by atoms with van der Waals surface area (Å²) in [6.45, 7) is 3.95. The van der Waals surface area contributed by atoms with Crippen LogP contribution in [0.15, 0.2) is 60.7 Å². The van der Waals surface area contributed by atoms with Crippen molar-refractivity contribution in [1.82, 2.24) is 0 Å². The minimum atomic E-state index is -0.885. The van der Waals surface area contributed by atoms with E-state index in [4.69, 9.17) is 0 Å². The molecule has 2 rings (SSSR count). The molecule has 2 aromatic carbocycles. The first-order chi connectivity index (χ1) is 9.58. The highest BCUT2D eigenvalue weighted by Crippen LogP contribution is 2.24. The summed E-state index contributed by atoms with van der Waals surface area (Å²) in [5, 5.41) is 9.37. The normalized spacial score (nSPS) is 11.7. The van der Waals surface area contributed by atoms with Crippen LogP contribution in [0.2, 0.25) is 0 Å². The van der Waals surface area contributed by atoms with Crippen molar-refractivity contribution in [2.75, 3.05) is 0 Å². The second-order valence-corrected chi connectivity index (χ2v) is 5.08. The Morgan fingerprint density at radius 3 is 2.25 bits per heavy atom. The molecule has 0 amide bonds. The summed E-state index contributed by atoms with van der Waals surface area (Å²) in [5.41, 5.74) is 3.22. The molecular weight excluding hydrogens is 248 g/mol. The number of hydrogen-bond donors (Lipinski definition) is 1. The minimum absolute atomic E-state index is 0.196. The van der Waals surface area contributed by atoms with E-state index < -0.39 is 5.97 Å². The van der Waals surface area contributed by atoms with Gasteiger partial charge in [0.2, 0.25) is 0 Å².